The van der Waals surface area contributed by atoms with Gasteiger partial charge in [-0.05, 0) is 44.9 Å². The number of carbonyl (C=O) groups is 2. The second kappa shape index (κ2) is 63.7. The van der Waals surface area contributed by atoms with Gasteiger partial charge in [0.05, 0.1) is 32.0 Å². The topological polar surface area (TPSA) is 175 Å². The van der Waals surface area contributed by atoms with Crippen molar-refractivity contribution >= 4 is 11.9 Å². The van der Waals surface area contributed by atoms with Crippen LogP contribution in [0.5, 0.6) is 0 Å². The van der Waals surface area contributed by atoms with Gasteiger partial charge in [0.1, 0.15) is 24.4 Å². The van der Waals surface area contributed by atoms with E-state index < -0.39 is 49.5 Å². The number of unbranched alkanes of at least 4 members (excludes halogenated alkanes) is 50. The van der Waals surface area contributed by atoms with E-state index in [1.807, 2.05) is 6.08 Å². The van der Waals surface area contributed by atoms with Gasteiger partial charge in [-0.2, -0.15) is 0 Å². The van der Waals surface area contributed by atoms with E-state index in [4.69, 9.17) is 14.2 Å². The van der Waals surface area contributed by atoms with Gasteiger partial charge in [0.2, 0.25) is 5.91 Å². The Morgan fingerprint density at radius 2 is 0.765 bits per heavy atom. The van der Waals surface area contributed by atoms with Gasteiger partial charge >= 0.3 is 5.97 Å². The summed E-state index contributed by atoms with van der Waals surface area (Å²) >= 11 is 0. The van der Waals surface area contributed by atoms with E-state index in [1.165, 1.54) is 295 Å². The molecule has 1 heterocycles. The summed E-state index contributed by atoms with van der Waals surface area (Å²) in [5.41, 5.74) is 0. The third-order valence-corrected chi connectivity index (χ3v) is 17.8. The van der Waals surface area contributed by atoms with Crippen LogP contribution in [-0.2, 0) is 23.8 Å². The summed E-state index contributed by atoms with van der Waals surface area (Å²) in [4.78, 5) is 25.1. The minimum atomic E-state index is -1.57. The van der Waals surface area contributed by atoms with Crippen LogP contribution in [0.3, 0.4) is 0 Å². The molecule has 0 bridgehead atoms. The van der Waals surface area contributed by atoms with E-state index in [-0.39, 0.29) is 18.5 Å². The molecular weight excluding hydrogens is 1060 g/mol. The lowest BCUT2D eigenvalue weighted by Gasteiger charge is -2.40. The molecule has 0 aromatic rings. The lowest BCUT2D eigenvalue weighted by molar-refractivity contribution is -0.302. The van der Waals surface area contributed by atoms with Gasteiger partial charge in [0.15, 0.2) is 6.29 Å². The molecule has 11 heteroatoms. The Kier molecular flexibility index (Phi) is 60.8. The molecule has 0 aromatic carbocycles. The van der Waals surface area contributed by atoms with E-state index in [0.29, 0.717) is 19.4 Å². The lowest BCUT2D eigenvalue weighted by Crippen LogP contribution is -2.60. The van der Waals surface area contributed by atoms with Crippen LogP contribution in [0.4, 0.5) is 0 Å². The number of ether oxygens (including phenoxy) is 3. The van der Waals surface area contributed by atoms with E-state index in [2.05, 4.69) is 31.3 Å². The van der Waals surface area contributed by atoms with Crippen LogP contribution in [-0.4, -0.2) is 100 Å². The highest BCUT2D eigenvalue weighted by Crippen LogP contribution is 2.24. The molecule has 6 N–H and O–H groups in total. The highest BCUT2D eigenvalue weighted by atomic mass is 16.7. The summed E-state index contributed by atoms with van der Waals surface area (Å²) in [5, 5.41) is 54.4. The molecule has 502 valence electrons. The summed E-state index contributed by atoms with van der Waals surface area (Å²) < 4.78 is 16.7. The maximum absolute atomic E-state index is 13.1. The van der Waals surface area contributed by atoms with Gasteiger partial charge < -0.3 is 45.1 Å². The standard InChI is InChI=1S/C74H141NO10/c1-3-5-7-9-11-13-15-40-44-48-52-56-60-67(77)66(65-84-74-73(82)72(81)71(80)68(64-76)85-74)75-69(78)61-57-53-49-45-41-38-36-34-32-30-28-26-24-22-20-18-17-19-21-23-25-27-29-31-33-35-37-39-43-47-51-55-59-63-83-70(79)62-58-54-50-46-42-16-14-12-10-8-6-4-2/h40,44,56,60,66-68,71-74,76-77,80-82H,3-39,41-43,45-55,57-59,61-65H2,1-2H3,(H,75,78)/b44-40+,60-56+. The number of aliphatic hydroxyl groups is 5. The third-order valence-electron chi connectivity index (χ3n) is 17.8. The molecule has 11 nitrogen and oxygen atoms in total. The molecule has 1 amide bonds. The smallest absolute Gasteiger partial charge is 0.305 e. The van der Waals surface area contributed by atoms with E-state index in [9.17, 15) is 35.1 Å². The molecule has 0 spiro atoms. The first-order chi connectivity index (χ1) is 41.7. The summed E-state index contributed by atoms with van der Waals surface area (Å²) in [6, 6.07) is -0.823. The number of rotatable bonds is 66. The predicted octanol–water partition coefficient (Wildman–Crippen LogP) is 19.2. The van der Waals surface area contributed by atoms with Crippen molar-refractivity contribution in [2.75, 3.05) is 19.8 Å². The molecule has 0 aromatic heterocycles. The highest BCUT2D eigenvalue weighted by molar-refractivity contribution is 5.76. The number of allylic oxidation sites excluding steroid dienone is 3. The molecule has 85 heavy (non-hydrogen) atoms. The zero-order chi connectivity index (χ0) is 61.6. The lowest BCUT2D eigenvalue weighted by atomic mass is 9.99. The molecule has 1 fully saturated rings. The number of aliphatic hydroxyl groups excluding tert-OH is 5. The van der Waals surface area contributed by atoms with Gasteiger partial charge in [-0.1, -0.05) is 340 Å². The van der Waals surface area contributed by atoms with Crippen LogP contribution in [0.15, 0.2) is 24.3 Å². The minimum absolute atomic E-state index is 0.0155. The van der Waals surface area contributed by atoms with Crippen molar-refractivity contribution in [3.8, 4) is 0 Å². The fraction of sp³-hybridized carbons (Fsp3) is 0.919. The van der Waals surface area contributed by atoms with Crippen LogP contribution >= 0.6 is 0 Å². The molecular formula is C74H141NO10. The minimum Gasteiger partial charge on any atom is -0.466 e. The summed E-state index contributed by atoms with van der Waals surface area (Å²) in [5.74, 6) is -0.170. The molecule has 1 aliphatic heterocycles. The molecule has 7 unspecified atom stereocenters. The first-order valence-corrected chi connectivity index (χ1v) is 37.1. The number of hydrogen-bond acceptors (Lipinski definition) is 10. The first-order valence-electron chi connectivity index (χ1n) is 37.1. The van der Waals surface area contributed by atoms with Crippen molar-refractivity contribution < 1.29 is 49.3 Å². The Bertz CT molecular complexity index is 1460. The number of carbonyl (C=O) groups excluding carboxylic acids is 2. The van der Waals surface area contributed by atoms with Crippen LogP contribution in [0.2, 0.25) is 0 Å². The Morgan fingerprint density at radius 3 is 1.16 bits per heavy atom. The zero-order valence-electron chi connectivity index (χ0n) is 55.8. The summed E-state index contributed by atoms with van der Waals surface area (Å²) in [6.07, 6.45) is 70.5. The van der Waals surface area contributed by atoms with Gasteiger partial charge in [-0.25, -0.2) is 0 Å². The zero-order valence-corrected chi connectivity index (χ0v) is 55.8. The Balaban J connectivity index is 1.92. The summed E-state index contributed by atoms with van der Waals surface area (Å²) in [6.45, 7) is 4.36. The largest absolute Gasteiger partial charge is 0.466 e. The third kappa shape index (κ3) is 52.6. The Hall–Kier alpha value is -1.86. The van der Waals surface area contributed by atoms with Crippen LogP contribution in [0.25, 0.3) is 0 Å². The maximum atomic E-state index is 13.1. The van der Waals surface area contributed by atoms with Crippen molar-refractivity contribution in [2.24, 2.45) is 0 Å². The predicted molar refractivity (Wildman–Crippen MR) is 357 cm³/mol. The van der Waals surface area contributed by atoms with E-state index in [0.717, 1.165) is 51.4 Å². The van der Waals surface area contributed by atoms with Gasteiger partial charge in [-0.15, -0.1) is 0 Å². The Labute approximate surface area is 524 Å². The second-order valence-electron chi connectivity index (χ2n) is 26.0. The SMILES string of the molecule is CCCCCCCC/C=C/CC/C=C/C(O)C(COC1OC(CO)C(O)C(O)C1O)NC(=O)CCCCCCCCCCCCCCCCCCCCCCCCCCCCCCCCCCCOC(=O)CCCCCCCCCCCCCC. The Morgan fingerprint density at radius 1 is 0.424 bits per heavy atom. The van der Waals surface area contributed by atoms with Crippen molar-refractivity contribution in [3.05, 3.63) is 24.3 Å². The maximum Gasteiger partial charge on any atom is 0.305 e. The number of nitrogens with one attached hydrogen (secondary N) is 1. The molecule has 1 saturated heterocycles. The monoisotopic (exact) mass is 1200 g/mol. The van der Waals surface area contributed by atoms with Crippen molar-refractivity contribution in [1.29, 1.82) is 0 Å². The second-order valence-corrected chi connectivity index (χ2v) is 26.0. The number of hydrogen-bond donors (Lipinski definition) is 6. The molecule has 0 radical (unpaired) electrons. The normalized spacial score (nSPS) is 18.0. The molecule has 1 rings (SSSR count). The molecule has 7 atom stereocenters. The van der Waals surface area contributed by atoms with Crippen molar-refractivity contribution in [2.45, 2.75) is 416 Å². The molecule has 1 aliphatic rings. The first kappa shape index (κ1) is 81.2. The summed E-state index contributed by atoms with van der Waals surface area (Å²) in [7, 11) is 0. The van der Waals surface area contributed by atoms with Crippen molar-refractivity contribution in [3.63, 3.8) is 0 Å². The van der Waals surface area contributed by atoms with Crippen LogP contribution in [0.1, 0.15) is 373 Å². The molecule has 0 aliphatic carbocycles. The highest BCUT2D eigenvalue weighted by Gasteiger charge is 2.44. The van der Waals surface area contributed by atoms with Crippen LogP contribution in [0, 0.1) is 0 Å². The number of esters is 1. The quantitative estimate of drug-likeness (QED) is 0.0195. The van der Waals surface area contributed by atoms with Gasteiger partial charge in [0, 0.05) is 12.8 Å². The van der Waals surface area contributed by atoms with Crippen LogP contribution < -0.4 is 5.32 Å². The van der Waals surface area contributed by atoms with Gasteiger partial charge in [0.25, 0.3) is 0 Å². The average Bonchev–Trinajstić information content (AvgIpc) is 3.30. The van der Waals surface area contributed by atoms with E-state index in [1.54, 1.807) is 6.08 Å². The van der Waals surface area contributed by atoms with Crippen molar-refractivity contribution in [1.82, 2.24) is 5.32 Å². The fourth-order valence-corrected chi connectivity index (χ4v) is 12.0. The number of amides is 1. The fourth-order valence-electron chi connectivity index (χ4n) is 12.0. The average molecular weight is 1200 g/mol. The molecule has 0 saturated carbocycles. The van der Waals surface area contributed by atoms with Gasteiger partial charge in [-0.3, -0.25) is 9.59 Å². The van der Waals surface area contributed by atoms with E-state index >= 15 is 0 Å².